The summed E-state index contributed by atoms with van der Waals surface area (Å²) in [7, 11) is 2.01. The van der Waals surface area contributed by atoms with Crippen molar-refractivity contribution in [1.29, 1.82) is 0 Å². The SMILES string of the molecule is CNC(c1ccc(C)c(C)c1)c1cc(C)ccc1Br. The second kappa shape index (κ2) is 5.89. The van der Waals surface area contributed by atoms with Crippen LogP contribution in [-0.2, 0) is 0 Å². The molecule has 1 nitrogen and oxygen atoms in total. The normalized spacial score (nSPS) is 12.5. The van der Waals surface area contributed by atoms with Gasteiger partial charge in [-0.25, -0.2) is 0 Å². The molecule has 0 aliphatic heterocycles. The molecule has 100 valence electrons. The van der Waals surface area contributed by atoms with Gasteiger partial charge in [0.1, 0.15) is 0 Å². The standard InChI is InChI=1S/C17H20BrN/c1-11-5-8-16(18)15(9-11)17(19-4)14-7-6-12(2)13(3)10-14/h5-10,17,19H,1-4H3. The minimum atomic E-state index is 0.216. The van der Waals surface area contributed by atoms with Crippen molar-refractivity contribution in [2.75, 3.05) is 7.05 Å². The number of rotatable bonds is 3. The highest BCUT2D eigenvalue weighted by atomic mass is 79.9. The van der Waals surface area contributed by atoms with Crippen LogP contribution in [0.4, 0.5) is 0 Å². The molecule has 2 aromatic carbocycles. The molecular formula is C17H20BrN. The molecule has 0 fully saturated rings. The number of benzene rings is 2. The van der Waals surface area contributed by atoms with Gasteiger partial charge in [-0.3, -0.25) is 0 Å². The topological polar surface area (TPSA) is 12.0 Å². The van der Waals surface area contributed by atoms with E-state index in [9.17, 15) is 0 Å². The Morgan fingerprint density at radius 3 is 2.32 bits per heavy atom. The van der Waals surface area contributed by atoms with E-state index in [0.29, 0.717) is 0 Å². The zero-order valence-corrected chi connectivity index (χ0v) is 13.5. The van der Waals surface area contributed by atoms with Gasteiger partial charge < -0.3 is 5.32 Å². The molecular weight excluding hydrogens is 298 g/mol. The van der Waals surface area contributed by atoms with Crippen molar-refractivity contribution in [2.24, 2.45) is 0 Å². The molecule has 19 heavy (non-hydrogen) atoms. The molecule has 0 bridgehead atoms. The lowest BCUT2D eigenvalue weighted by molar-refractivity contribution is 0.687. The molecule has 2 heteroatoms. The molecule has 0 radical (unpaired) electrons. The Kier molecular flexibility index (Phi) is 4.43. The van der Waals surface area contributed by atoms with Crippen molar-refractivity contribution < 1.29 is 0 Å². The fraction of sp³-hybridized carbons (Fsp3) is 0.294. The number of hydrogen-bond acceptors (Lipinski definition) is 1. The van der Waals surface area contributed by atoms with Crippen LogP contribution in [0.15, 0.2) is 40.9 Å². The van der Waals surface area contributed by atoms with Crippen molar-refractivity contribution in [3.8, 4) is 0 Å². The summed E-state index contributed by atoms with van der Waals surface area (Å²) in [6.07, 6.45) is 0. The third kappa shape index (κ3) is 3.07. The number of halogens is 1. The van der Waals surface area contributed by atoms with E-state index in [1.807, 2.05) is 7.05 Å². The molecule has 1 atom stereocenters. The van der Waals surface area contributed by atoms with Gasteiger partial charge in [0, 0.05) is 4.47 Å². The molecule has 2 rings (SSSR count). The van der Waals surface area contributed by atoms with Crippen molar-refractivity contribution in [3.63, 3.8) is 0 Å². The first-order valence-corrected chi connectivity index (χ1v) is 7.32. The molecule has 0 amide bonds. The Morgan fingerprint density at radius 2 is 1.68 bits per heavy atom. The highest BCUT2D eigenvalue weighted by Gasteiger charge is 2.15. The molecule has 0 spiro atoms. The van der Waals surface area contributed by atoms with Crippen LogP contribution in [-0.4, -0.2) is 7.05 Å². The summed E-state index contributed by atoms with van der Waals surface area (Å²) < 4.78 is 1.15. The maximum absolute atomic E-state index is 3.66. The van der Waals surface area contributed by atoms with E-state index in [2.05, 4.69) is 78.4 Å². The van der Waals surface area contributed by atoms with Crippen LogP contribution in [0.5, 0.6) is 0 Å². The monoisotopic (exact) mass is 317 g/mol. The van der Waals surface area contributed by atoms with Gasteiger partial charge in [0.2, 0.25) is 0 Å². The van der Waals surface area contributed by atoms with Crippen molar-refractivity contribution in [1.82, 2.24) is 5.32 Å². The molecule has 0 aliphatic carbocycles. The Hall–Kier alpha value is -1.12. The smallest absolute Gasteiger partial charge is 0.0585 e. The summed E-state index contributed by atoms with van der Waals surface area (Å²) in [6, 6.07) is 13.4. The quantitative estimate of drug-likeness (QED) is 0.866. The van der Waals surface area contributed by atoms with E-state index in [0.717, 1.165) is 4.47 Å². The Labute approximate surface area is 124 Å². The molecule has 1 N–H and O–H groups in total. The minimum absolute atomic E-state index is 0.216. The Bertz CT molecular complexity index is 590. The highest BCUT2D eigenvalue weighted by molar-refractivity contribution is 9.10. The average Bonchev–Trinajstić information content (AvgIpc) is 2.38. The largest absolute Gasteiger partial charge is 0.309 e. The number of nitrogens with one attached hydrogen (secondary N) is 1. The Morgan fingerprint density at radius 1 is 0.947 bits per heavy atom. The van der Waals surface area contributed by atoms with E-state index < -0.39 is 0 Å². The van der Waals surface area contributed by atoms with Gasteiger partial charge >= 0.3 is 0 Å². The first-order chi connectivity index (χ1) is 9.02. The van der Waals surface area contributed by atoms with E-state index in [-0.39, 0.29) is 6.04 Å². The van der Waals surface area contributed by atoms with Crippen molar-refractivity contribution in [3.05, 3.63) is 68.7 Å². The first-order valence-electron chi connectivity index (χ1n) is 6.53. The summed E-state index contributed by atoms with van der Waals surface area (Å²) in [6.45, 7) is 6.44. The zero-order chi connectivity index (χ0) is 14.0. The van der Waals surface area contributed by atoms with Crippen LogP contribution in [0.1, 0.15) is 33.9 Å². The van der Waals surface area contributed by atoms with Crippen LogP contribution in [0.25, 0.3) is 0 Å². The van der Waals surface area contributed by atoms with Gasteiger partial charge in [-0.1, -0.05) is 51.8 Å². The van der Waals surface area contributed by atoms with Crippen molar-refractivity contribution >= 4 is 15.9 Å². The first kappa shape index (κ1) is 14.3. The minimum Gasteiger partial charge on any atom is -0.309 e. The molecule has 0 saturated heterocycles. The lowest BCUT2D eigenvalue weighted by Gasteiger charge is -2.20. The zero-order valence-electron chi connectivity index (χ0n) is 11.9. The lowest BCUT2D eigenvalue weighted by atomic mass is 9.95. The maximum atomic E-state index is 3.66. The number of hydrogen-bond donors (Lipinski definition) is 1. The van der Waals surface area contributed by atoms with E-state index in [1.54, 1.807) is 0 Å². The average molecular weight is 318 g/mol. The van der Waals surface area contributed by atoms with E-state index in [1.165, 1.54) is 27.8 Å². The Balaban J connectivity index is 2.49. The summed E-state index contributed by atoms with van der Waals surface area (Å²) in [4.78, 5) is 0. The molecule has 0 saturated carbocycles. The molecule has 0 heterocycles. The van der Waals surface area contributed by atoms with Crippen LogP contribution in [0.2, 0.25) is 0 Å². The van der Waals surface area contributed by atoms with Crippen LogP contribution >= 0.6 is 15.9 Å². The van der Waals surface area contributed by atoms with Gasteiger partial charge in [-0.2, -0.15) is 0 Å². The molecule has 1 unspecified atom stereocenters. The van der Waals surface area contributed by atoms with Gasteiger partial charge in [0.25, 0.3) is 0 Å². The summed E-state index contributed by atoms with van der Waals surface area (Å²) >= 11 is 3.66. The van der Waals surface area contributed by atoms with E-state index >= 15 is 0 Å². The van der Waals surface area contributed by atoms with Crippen LogP contribution < -0.4 is 5.32 Å². The predicted octanol–water partition coefficient (Wildman–Crippen LogP) is 4.68. The summed E-state index contributed by atoms with van der Waals surface area (Å²) in [5.41, 5.74) is 6.54. The van der Waals surface area contributed by atoms with Gasteiger partial charge in [0.05, 0.1) is 6.04 Å². The number of aryl methyl sites for hydroxylation is 3. The second-order valence-electron chi connectivity index (χ2n) is 5.09. The third-order valence-electron chi connectivity index (χ3n) is 3.62. The summed E-state index contributed by atoms with van der Waals surface area (Å²) in [5.74, 6) is 0. The van der Waals surface area contributed by atoms with E-state index in [4.69, 9.17) is 0 Å². The molecule has 0 aromatic heterocycles. The van der Waals surface area contributed by atoms with Gasteiger partial charge in [-0.15, -0.1) is 0 Å². The fourth-order valence-electron chi connectivity index (χ4n) is 2.33. The van der Waals surface area contributed by atoms with Crippen LogP contribution in [0, 0.1) is 20.8 Å². The maximum Gasteiger partial charge on any atom is 0.0585 e. The lowest BCUT2D eigenvalue weighted by Crippen LogP contribution is -2.18. The van der Waals surface area contributed by atoms with Crippen molar-refractivity contribution in [2.45, 2.75) is 26.8 Å². The second-order valence-corrected chi connectivity index (χ2v) is 5.94. The van der Waals surface area contributed by atoms with Crippen LogP contribution in [0.3, 0.4) is 0 Å². The third-order valence-corrected chi connectivity index (χ3v) is 4.34. The molecule has 0 aliphatic rings. The highest BCUT2D eigenvalue weighted by Crippen LogP contribution is 2.30. The predicted molar refractivity (Wildman–Crippen MR) is 85.7 cm³/mol. The molecule has 2 aromatic rings. The summed E-state index contributed by atoms with van der Waals surface area (Å²) in [5, 5.41) is 3.42. The fourth-order valence-corrected chi connectivity index (χ4v) is 2.81. The van der Waals surface area contributed by atoms with Gasteiger partial charge in [-0.05, 0) is 56.1 Å². The van der Waals surface area contributed by atoms with Gasteiger partial charge in [0.15, 0.2) is 0 Å².